The molecule has 0 unspecified atom stereocenters. The van der Waals surface area contributed by atoms with Crippen molar-refractivity contribution in [2.75, 3.05) is 19.0 Å². The van der Waals surface area contributed by atoms with Crippen LogP contribution in [0.15, 0.2) is 42.5 Å². The first-order valence-corrected chi connectivity index (χ1v) is 11.2. The number of hydrogen-bond acceptors (Lipinski definition) is 5. The van der Waals surface area contributed by atoms with Gasteiger partial charge in [0.2, 0.25) is 0 Å². The third kappa shape index (κ3) is 4.68. The van der Waals surface area contributed by atoms with Gasteiger partial charge in [0.15, 0.2) is 0 Å². The molecule has 3 N–H and O–H groups in total. The van der Waals surface area contributed by atoms with E-state index >= 15 is 0 Å². The zero-order valence-electron chi connectivity index (χ0n) is 19.7. The summed E-state index contributed by atoms with van der Waals surface area (Å²) in [6.07, 6.45) is 1.62. The molecule has 1 aliphatic heterocycles. The number of aryl methyl sites for hydroxylation is 1. The molecule has 8 heteroatoms. The van der Waals surface area contributed by atoms with Gasteiger partial charge in [-0.2, -0.15) is 0 Å². The first-order chi connectivity index (χ1) is 16.8. The van der Waals surface area contributed by atoms with Crippen molar-refractivity contribution in [2.24, 2.45) is 0 Å². The lowest BCUT2D eigenvalue weighted by Gasteiger charge is -2.09. The third-order valence-corrected chi connectivity index (χ3v) is 5.90. The van der Waals surface area contributed by atoms with E-state index in [9.17, 15) is 19.5 Å². The standard InChI is InChI=1S/C27H26N2O6/c1-4-35-27(33)25-15(2)28-22(19(25)11-12-24(30)31)14-20-18-10-9-16(13-21(18)29-26(20)32)17-7-5-6-8-23(17)34-3/h5-10,13-14,28H,4,11-12H2,1-3H3,(H,29,32)(H,30,31)/b20-14-. The van der Waals surface area contributed by atoms with E-state index in [0.29, 0.717) is 39.3 Å². The Morgan fingerprint density at radius 3 is 2.60 bits per heavy atom. The summed E-state index contributed by atoms with van der Waals surface area (Å²) in [5, 5.41) is 12.1. The summed E-state index contributed by atoms with van der Waals surface area (Å²) >= 11 is 0. The van der Waals surface area contributed by atoms with Crippen LogP contribution in [0.3, 0.4) is 0 Å². The van der Waals surface area contributed by atoms with Gasteiger partial charge in [-0.25, -0.2) is 4.79 Å². The van der Waals surface area contributed by atoms with Crippen LogP contribution in [0.5, 0.6) is 5.75 Å². The summed E-state index contributed by atoms with van der Waals surface area (Å²) in [7, 11) is 1.61. The van der Waals surface area contributed by atoms with E-state index in [1.165, 1.54) is 0 Å². The second-order valence-corrected chi connectivity index (χ2v) is 8.10. The van der Waals surface area contributed by atoms with Crippen LogP contribution in [-0.4, -0.2) is 41.7 Å². The van der Waals surface area contributed by atoms with Crippen LogP contribution in [0.4, 0.5) is 5.69 Å². The van der Waals surface area contributed by atoms with E-state index < -0.39 is 11.9 Å². The predicted octanol–water partition coefficient (Wildman–Crippen LogP) is 4.69. The van der Waals surface area contributed by atoms with Gasteiger partial charge in [0.25, 0.3) is 5.91 Å². The number of amides is 1. The van der Waals surface area contributed by atoms with Crippen molar-refractivity contribution in [1.82, 2.24) is 4.98 Å². The van der Waals surface area contributed by atoms with Crippen LogP contribution in [0, 0.1) is 6.92 Å². The number of anilines is 1. The van der Waals surface area contributed by atoms with E-state index in [-0.39, 0.29) is 25.4 Å². The van der Waals surface area contributed by atoms with Crippen molar-refractivity contribution in [3.8, 4) is 16.9 Å². The Kier molecular flexibility index (Phi) is 6.73. The topological polar surface area (TPSA) is 118 Å². The highest BCUT2D eigenvalue weighted by Crippen LogP contribution is 2.39. The zero-order chi connectivity index (χ0) is 25.1. The molecule has 4 rings (SSSR count). The van der Waals surface area contributed by atoms with Crippen molar-refractivity contribution in [1.29, 1.82) is 0 Å². The number of para-hydroxylation sites is 1. The van der Waals surface area contributed by atoms with Crippen molar-refractivity contribution in [3.63, 3.8) is 0 Å². The number of hydrogen-bond donors (Lipinski definition) is 3. The molecule has 0 spiro atoms. The molecule has 3 aromatic rings. The molecule has 35 heavy (non-hydrogen) atoms. The number of carboxylic acids is 1. The molecule has 1 aromatic heterocycles. The number of fused-ring (bicyclic) bond motifs is 1. The van der Waals surface area contributed by atoms with E-state index in [1.807, 2.05) is 42.5 Å². The molecule has 0 radical (unpaired) electrons. The molecule has 2 heterocycles. The Bertz CT molecular complexity index is 1350. The van der Waals surface area contributed by atoms with Gasteiger partial charge in [-0.3, -0.25) is 9.59 Å². The van der Waals surface area contributed by atoms with Crippen LogP contribution >= 0.6 is 0 Å². The maximum atomic E-state index is 12.9. The summed E-state index contributed by atoms with van der Waals surface area (Å²) in [5.41, 5.74) is 5.48. The summed E-state index contributed by atoms with van der Waals surface area (Å²) in [6.45, 7) is 3.63. The van der Waals surface area contributed by atoms with Crippen molar-refractivity contribution >= 4 is 35.2 Å². The Morgan fingerprint density at radius 1 is 1.11 bits per heavy atom. The summed E-state index contributed by atoms with van der Waals surface area (Å²) < 4.78 is 10.6. The number of H-pyrrole nitrogens is 1. The van der Waals surface area contributed by atoms with Crippen LogP contribution in [0.2, 0.25) is 0 Å². The van der Waals surface area contributed by atoms with Crippen LogP contribution in [-0.2, 0) is 20.7 Å². The van der Waals surface area contributed by atoms with Gasteiger partial charge in [0, 0.05) is 34.6 Å². The summed E-state index contributed by atoms with van der Waals surface area (Å²) in [6, 6.07) is 13.3. The number of ether oxygens (including phenoxy) is 2. The van der Waals surface area contributed by atoms with Crippen molar-refractivity contribution in [3.05, 3.63) is 70.5 Å². The minimum Gasteiger partial charge on any atom is -0.496 e. The number of carboxylic acid groups (broad SMARTS) is 1. The number of aromatic amines is 1. The normalized spacial score (nSPS) is 13.5. The number of nitrogens with one attached hydrogen (secondary N) is 2. The van der Waals surface area contributed by atoms with E-state index in [2.05, 4.69) is 10.3 Å². The Morgan fingerprint density at radius 2 is 1.89 bits per heavy atom. The highest BCUT2D eigenvalue weighted by molar-refractivity contribution is 6.35. The fraction of sp³-hybridized carbons (Fsp3) is 0.222. The molecule has 0 saturated heterocycles. The largest absolute Gasteiger partial charge is 0.496 e. The van der Waals surface area contributed by atoms with Crippen molar-refractivity contribution in [2.45, 2.75) is 26.7 Å². The molecule has 180 valence electrons. The molecular weight excluding hydrogens is 448 g/mol. The maximum Gasteiger partial charge on any atom is 0.340 e. The molecule has 0 atom stereocenters. The number of carbonyl (C=O) groups is 3. The van der Waals surface area contributed by atoms with Gasteiger partial charge < -0.3 is 24.9 Å². The highest BCUT2D eigenvalue weighted by atomic mass is 16.5. The number of methoxy groups -OCH3 is 1. The van der Waals surface area contributed by atoms with E-state index in [4.69, 9.17) is 9.47 Å². The minimum atomic E-state index is -0.981. The Hall–Kier alpha value is -4.33. The third-order valence-electron chi connectivity index (χ3n) is 5.90. The molecular formula is C27H26N2O6. The Labute approximate surface area is 202 Å². The van der Waals surface area contributed by atoms with Gasteiger partial charge in [-0.05, 0) is 49.6 Å². The van der Waals surface area contributed by atoms with Gasteiger partial charge in [-0.1, -0.05) is 30.3 Å². The fourth-order valence-corrected chi connectivity index (χ4v) is 4.33. The van der Waals surface area contributed by atoms with Gasteiger partial charge in [0.1, 0.15) is 5.75 Å². The van der Waals surface area contributed by atoms with Gasteiger partial charge in [0.05, 0.1) is 24.9 Å². The second kappa shape index (κ2) is 9.89. The highest BCUT2D eigenvalue weighted by Gasteiger charge is 2.27. The lowest BCUT2D eigenvalue weighted by molar-refractivity contribution is -0.137. The maximum absolute atomic E-state index is 12.9. The summed E-state index contributed by atoms with van der Waals surface area (Å²) in [5.74, 6) is -1.07. The van der Waals surface area contributed by atoms with E-state index in [0.717, 1.165) is 16.9 Å². The smallest absolute Gasteiger partial charge is 0.340 e. The van der Waals surface area contributed by atoms with E-state index in [1.54, 1.807) is 27.0 Å². The number of esters is 1. The monoisotopic (exact) mass is 474 g/mol. The van der Waals surface area contributed by atoms with Crippen LogP contribution in [0.25, 0.3) is 22.8 Å². The van der Waals surface area contributed by atoms with Crippen LogP contribution < -0.4 is 10.1 Å². The first-order valence-electron chi connectivity index (χ1n) is 11.2. The van der Waals surface area contributed by atoms with Crippen molar-refractivity contribution < 1.29 is 29.0 Å². The predicted molar refractivity (Wildman–Crippen MR) is 132 cm³/mol. The fourth-order valence-electron chi connectivity index (χ4n) is 4.33. The molecule has 0 fully saturated rings. The molecule has 0 bridgehead atoms. The zero-order valence-corrected chi connectivity index (χ0v) is 19.7. The molecule has 1 amide bonds. The molecule has 2 aromatic carbocycles. The lowest BCUT2D eigenvalue weighted by Crippen LogP contribution is -2.09. The number of benzene rings is 2. The van der Waals surface area contributed by atoms with Gasteiger partial charge in [-0.15, -0.1) is 0 Å². The number of aliphatic carboxylic acids is 1. The number of carbonyl (C=O) groups excluding carboxylic acids is 2. The molecule has 8 nitrogen and oxygen atoms in total. The molecule has 1 aliphatic rings. The molecule has 0 aliphatic carbocycles. The quantitative estimate of drug-likeness (QED) is 0.322. The number of aromatic nitrogens is 1. The van der Waals surface area contributed by atoms with Gasteiger partial charge >= 0.3 is 11.9 Å². The summed E-state index contributed by atoms with van der Waals surface area (Å²) in [4.78, 5) is 39.9. The second-order valence-electron chi connectivity index (χ2n) is 8.10. The molecule has 0 saturated carbocycles. The average molecular weight is 475 g/mol. The Balaban J connectivity index is 1.77. The minimum absolute atomic E-state index is 0.119. The first kappa shape index (κ1) is 23.8. The lowest BCUT2D eigenvalue weighted by atomic mass is 9.98. The van der Waals surface area contributed by atoms with Crippen LogP contribution in [0.1, 0.15) is 46.2 Å². The number of rotatable bonds is 8. The average Bonchev–Trinajstić information content (AvgIpc) is 3.32. The SMILES string of the molecule is CCOC(=O)c1c(C)[nH]c(/C=C2\C(=O)Nc3cc(-c4ccccc4OC)ccc32)c1CCC(=O)O.